The molecule has 27 heavy (non-hydrogen) atoms. The van der Waals surface area contributed by atoms with Gasteiger partial charge in [0.2, 0.25) is 6.23 Å². The van der Waals surface area contributed by atoms with Crippen molar-refractivity contribution in [2.24, 2.45) is 49.4 Å². The topological polar surface area (TPSA) is 228 Å². The van der Waals surface area contributed by atoms with Crippen LogP contribution in [-0.2, 0) is 4.74 Å². The maximum Gasteiger partial charge on any atom is 0.202 e. The van der Waals surface area contributed by atoms with Crippen molar-refractivity contribution >= 4 is 23.5 Å². The lowest BCUT2D eigenvalue weighted by Gasteiger charge is -2.51. The van der Waals surface area contributed by atoms with Crippen molar-refractivity contribution < 1.29 is 9.84 Å². The van der Waals surface area contributed by atoms with Gasteiger partial charge >= 0.3 is 0 Å². The van der Waals surface area contributed by atoms with Gasteiger partial charge in [0.05, 0.1) is 5.38 Å². The number of guanidine groups is 2. The molecule has 3 heterocycles. The second-order valence-corrected chi connectivity index (χ2v) is 7.38. The van der Waals surface area contributed by atoms with Crippen LogP contribution in [0.1, 0.15) is 0 Å². The Hall–Kier alpha value is -2.63. The number of halogens is 1. The lowest BCUT2D eigenvalue weighted by molar-refractivity contribution is -0.233. The number of fused-ring (bicyclic) bond motifs is 2. The van der Waals surface area contributed by atoms with Gasteiger partial charge in [0, 0.05) is 28.8 Å². The number of aliphatic imine (C=N–C) groups is 2. The molecule has 0 aromatic carbocycles. The minimum absolute atomic E-state index is 0.00160. The maximum atomic E-state index is 11.5. The van der Waals surface area contributed by atoms with Crippen LogP contribution >= 0.6 is 11.6 Å². The molecule has 15 heteroatoms. The largest absolute Gasteiger partial charge is 0.370 e. The van der Waals surface area contributed by atoms with E-state index in [9.17, 15) is 5.11 Å². The van der Waals surface area contributed by atoms with Gasteiger partial charge < -0.3 is 31.9 Å². The second-order valence-electron chi connectivity index (χ2n) is 6.91. The predicted molar refractivity (Wildman–Crippen MR) is 94.0 cm³/mol. The lowest BCUT2D eigenvalue weighted by Crippen LogP contribution is -2.75. The van der Waals surface area contributed by atoms with E-state index in [2.05, 4.69) is 40.7 Å². The van der Waals surface area contributed by atoms with Gasteiger partial charge in [-0.15, -0.1) is 11.6 Å². The molecule has 8 atom stereocenters. The quantitative estimate of drug-likeness (QED) is 0.173. The van der Waals surface area contributed by atoms with Crippen LogP contribution in [-0.4, -0.2) is 59.2 Å². The SMILES string of the molecule is [N-]=[N+]=NC[C@@H]1[C@@H](CN=[N+]=[N-])[C@H](Cl)[C@]23NC(N)=N[C@H]2O[C@H]2N=C(N)N[C@@]2(O)[C@@H]13. The summed E-state index contributed by atoms with van der Waals surface area (Å²) in [6, 6.07) is 0. The molecule has 1 aliphatic carbocycles. The van der Waals surface area contributed by atoms with E-state index in [0.29, 0.717) is 0 Å². The zero-order valence-electron chi connectivity index (χ0n) is 13.8. The number of hydrogen-bond donors (Lipinski definition) is 5. The molecule has 4 rings (SSSR count). The zero-order valence-corrected chi connectivity index (χ0v) is 14.6. The number of ether oxygens (including phenoxy) is 1. The fourth-order valence-electron chi connectivity index (χ4n) is 4.91. The highest BCUT2D eigenvalue weighted by atomic mass is 35.5. The van der Waals surface area contributed by atoms with Crippen molar-refractivity contribution in [1.29, 1.82) is 0 Å². The first-order valence-corrected chi connectivity index (χ1v) is 8.58. The minimum atomic E-state index is -1.73. The predicted octanol–water partition coefficient (Wildman–Crippen LogP) is -0.978. The Morgan fingerprint density at radius 2 is 1.70 bits per heavy atom. The smallest absolute Gasteiger partial charge is 0.202 e. The van der Waals surface area contributed by atoms with Gasteiger partial charge in [-0.1, -0.05) is 10.2 Å². The van der Waals surface area contributed by atoms with Crippen molar-refractivity contribution in [2.45, 2.75) is 29.1 Å². The number of aliphatic hydroxyl groups is 1. The summed E-state index contributed by atoms with van der Waals surface area (Å²) in [6.45, 7) is 0.0304. The highest BCUT2D eigenvalue weighted by Gasteiger charge is 2.76. The Kier molecular flexibility index (Phi) is 3.91. The van der Waals surface area contributed by atoms with Crippen molar-refractivity contribution in [3.05, 3.63) is 20.9 Å². The molecule has 1 saturated heterocycles. The molecule has 0 amide bonds. The van der Waals surface area contributed by atoms with Crippen molar-refractivity contribution in [3.63, 3.8) is 0 Å². The van der Waals surface area contributed by atoms with E-state index in [1.165, 1.54) is 0 Å². The summed E-state index contributed by atoms with van der Waals surface area (Å²) in [7, 11) is 0. The summed E-state index contributed by atoms with van der Waals surface area (Å²) in [4.78, 5) is 14.0. The molecule has 0 radical (unpaired) electrons. The molecular weight excluding hydrogens is 380 g/mol. The van der Waals surface area contributed by atoms with E-state index in [-0.39, 0.29) is 25.0 Å². The van der Waals surface area contributed by atoms with E-state index in [0.717, 1.165) is 0 Å². The molecule has 14 nitrogen and oxygen atoms in total. The Morgan fingerprint density at radius 3 is 2.37 bits per heavy atom. The number of rotatable bonds is 4. The highest BCUT2D eigenvalue weighted by Crippen LogP contribution is 2.59. The fraction of sp³-hybridized carbons (Fsp3) is 0.833. The standard InChI is InChI=1S/C12H17ClN12O2/c13-6-4(2-19-25-17)3(1-18-24-16)5-11(6)7(20-9(14)22-11)27-8-12(5,26)23-10(15)21-8/h3-8,26H,1-2H2,(H3,14,20,22)(H3,15,21,23)/t3-,4-,5+,6+,7+,8-,11+,12-/m1/s1. The van der Waals surface area contributed by atoms with E-state index >= 15 is 0 Å². The van der Waals surface area contributed by atoms with Crippen molar-refractivity contribution in [1.82, 2.24) is 10.6 Å². The summed E-state index contributed by atoms with van der Waals surface area (Å²) >= 11 is 6.81. The molecular formula is C12H17ClN12O2. The Morgan fingerprint density at radius 1 is 1.11 bits per heavy atom. The minimum Gasteiger partial charge on any atom is -0.370 e. The molecule has 2 fully saturated rings. The van der Waals surface area contributed by atoms with E-state index in [1.807, 2.05) is 0 Å². The Bertz CT molecular complexity index is 821. The van der Waals surface area contributed by atoms with Crippen LogP contribution < -0.4 is 22.1 Å². The Labute approximate surface area is 157 Å². The number of nitrogens with zero attached hydrogens (tertiary/aromatic N) is 8. The number of alkyl halides is 1. The Balaban J connectivity index is 1.86. The van der Waals surface area contributed by atoms with Gasteiger partial charge in [0.1, 0.15) is 5.54 Å². The van der Waals surface area contributed by atoms with E-state index < -0.39 is 46.9 Å². The molecule has 7 N–H and O–H groups in total. The first-order chi connectivity index (χ1) is 12.9. The van der Waals surface area contributed by atoms with Gasteiger partial charge in [-0.05, 0) is 22.9 Å². The zero-order chi connectivity index (χ0) is 19.4. The first kappa shape index (κ1) is 17.8. The fourth-order valence-corrected chi connectivity index (χ4v) is 5.47. The van der Waals surface area contributed by atoms with E-state index in [4.69, 9.17) is 38.9 Å². The number of nitrogens with one attached hydrogen (secondary N) is 2. The van der Waals surface area contributed by atoms with E-state index in [1.54, 1.807) is 0 Å². The molecule has 4 aliphatic rings. The van der Waals surface area contributed by atoms with Crippen LogP contribution in [0, 0.1) is 17.8 Å². The third-order valence-electron chi connectivity index (χ3n) is 5.74. The lowest BCUT2D eigenvalue weighted by atomic mass is 9.72. The molecule has 0 unspecified atom stereocenters. The van der Waals surface area contributed by atoms with Crippen LogP contribution in [0.3, 0.4) is 0 Å². The molecule has 1 spiro atoms. The third kappa shape index (κ3) is 2.22. The number of nitrogens with two attached hydrogens (primary N) is 2. The van der Waals surface area contributed by atoms with Crippen molar-refractivity contribution in [2.75, 3.05) is 13.1 Å². The molecule has 3 aliphatic heterocycles. The second kappa shape index (κ2) is 5.94. The summed E-state index contributed by atoms with van der Waals surface area (Å²) in [5.74, 6) is -1.56. The molecule has 0 aromatic heterocycles. The first-order valence-electron chi connectivity index (χ1n) is 8.15. The van der Waals surface area contributed by atoms with Crippen LogP contribution in [0.25, 0.3) is 20.9 Å². The molecule has 1 saturated carbocycles. The monoisotopic (exact) mass is 396 g/mol. The van der Waals surface area contributed by atoms with Gasteiger partial charge in [0.15, 0.2) is 23.9 Å². The average molecular weight is 397 g/mol. The number of hydrogen-bond acceptors (Lipinski definition) is 10. The van der Waals surface area contributed by atoms with Crippen LogP contribution in [0.15, 0.2) is 20.2 Å². The van der Waals surface area contributed by atoms with Crippen LogP contribution in [0.4, 0.5) is 0 Å². The normalized spacial score (nSPS) is 46.4. The van der Waals surface area contributed by atoms with Crippen LogP contribution in [0.2, 0.25) is 0 Å². The average Bonchev–Trinajstić information content (AvgIpc) is 3.17. The molecule has 144 valence electrons. The van der Waals surface area contributed by atoms with Gasteiger partial charge in [-0.3, -0.25) is 0 Å². The molecule has 0 bridgehead atoms. The third-order valence-corrected chi connectivity index (χ3v) is 6.42. The van der Waals surface area contributed by atoms with Gasteiger partial charge in [0.25, 0.3) is 0 Å². The number of azide groups is 2. The highest BCUT2D eigenvalue weighted by molar-refractivity contribution is 6.22. The van der Waals surface area contributed by atoms with Crippen molar-refractivity contribution in [3.8, 4) is 0 Å². The van der Waals surface area contributed by atoms with Crippen LogP contribution in [0.5, 0.6) is 0 Å². The van der Waals surface area contributed by atoms with Gasteiger partial charge in [-0.2, -0.15) is 0 Å². The summed E-state index contributed by atoms with van der Waals surface area (Å²) in [5, 5.41) is 23.9. The summed E-state index contributed by atoms with van der Waals surface area (Å²) < 4.78 is 5.86. The summed E-state index contributed by atoms with van der Waals surface area (Å²) in [6.07, 6.45) is -1.90. The maximum absolute atomic E-state index is 11.5. The molecule has 0 aromatic rings. The summed E-state index contributed by atoms with van der Waals surface area (Å²) in [5.41, 5.74) is 26.4. The van der Waals surface area contributed by atoms with Gasteiger partial charge in [-0.25, -0.2) is 9.98 Å².